The van der Waals surface area contributed by atoms with Gasteiger partial charge in [0, 0.05) is 22.2 Å². The van der Waals surface area contributed by atoms with E-state index in [1.54, 1.807) is 36.4 Å². The zero-order chi connectivity index (χ0) is 20.1. The van der Waals surface area contributed by atoms with Gasteiger partial charge in [-0.2, -0.15) is 0 Å². The SMILES string of the molecule is CCN(CC)CCCOC(=O)c1ccc2nc(-c3cc(Cl)cc(Cl)c3)oc2c1. The molecular formula is C21H22Cl2N2O3. The van der Waals surface area contributed by atoms with E-state index in [9.17, 15) is 4.79 Å². The standard InChI is InChI=1S/C21H22Cl2N2O3/c1-3-25(4-2)8-5-9-27-21(26)14-6-7-18-19(12-14)28-20(24-18)15-10-16(22)13-17(23)11-15/h6-7,10-13H,3-5,8-9H2,1-2H3. The molecule has 0 atom stereocenters. The van der Waals surface area contributed by atoms with Crippen molar-refractivity contribution in [2.45, 2.75) is 20.3 Å². The molecule has 5 nitrogen and oxygen atoms in total. The molecule has 3 aromatic rings. The number of benzene rings is 2. The summed E-state index contributed by atoms with van der Waals surface area (Å²) in [6.07, 6.45) is 0.803. The van der Waals surface area contributed by atoms with Crippen molar-refractivity contribution in [1.82, 2.24) is 9.88 Å². The van der Waals surface area contributed by atoms with Crippen molar-refractivity contribution in [3.63, 3.8) is 0 Å². The normalized spacial score (nSPS) is 11.3. The van der Waals surface area contributed by atoms with E-state index < -0.39 is 0 Å². The average Bonchev–Trinajstić information content (AvgIpc) is 3.10. The molecule has 0 amide bonds. The van der Waals surface area contributed by atoms with E-state index in [4.69, 9.17) is 32.4 Å². The number of rotatable bonds is 8. The Hall–Kier alpha value is -2.08. The maximum absolute atomic E-state index is 12.3. The van der Waals surface area contributed by atoms with Crippen LogP contribution in [-0.2, 0) is 4.74 Å². The van der Waals surface area contributed by atoms with Gasteiger partial charge in [-0.15, -0.1) is 0 Å². The molecule has 0 aliphatic heterocycles. The molecule has 0 unspecified atom stereocenters. The lowest BCUT2D eigenvalue weighted by Gasteiger charge is -2.17. The molecule has 0 fully saturated rings. The largest absolute Gasteiger partial charge is 0.462 e. The Bertz CT molecular complexity index is 947. The highest BCUT2D eigenvalue weighted by Gasteiger charge is 2.14. The van der Waals surface area contributed by atoms with Gasteiger partial charge in [0.2, 0.25) is 5.89 Å². The van der Waals surface area contributed by atoms with E-state index in [-0.39, 0.29) is 5.97 Å². The van der Waals surface area contributed by atoms with Crippen LogP contribution in [0.1, 0.15) is 30.6 Å². The first-order valence-corrected chi connectivity index (χ1v) is 10.0. The van der Waals surface area contributed by atoms with Crippen molar-refractivity contribution in [2.75, 3.05) is 26.2 Å². The molecule has 0 aliphatic rings. The van der Waals surface area contributed by atoms with E-state index in [0.717, 1.165) is 26.1 Å². The van der Waals surface area contributed by atoms with Crippen LogP contribution in [0.25, 0.3) is 22.6 Å². The molecule has 2 aromatic carbocycles. The molecular weight excluding hydrogens is 399 g/mol. The summed E-state index contributed by atoms with van der Waals surface area (Å²) < 4.78 is 11.2. The number of nitrogens with zero attached hydrogens (tertiary/aromatic N) is 2. The van der Waals surface area contributed by atoms with Crippen LogP contribution in [0.4, 0.5) is 0 Å². The summed E-state index contributed by atoms with van der Waals surface area (Å²) in [6.45, 7) is 7.52. The minimum Gasteiger partial charge on any atom is -0.462 e. The summed E-state index contributed by atoms with van der Waals surface area (Å²) >= 11 is 12.1. The zero-order valence-corrected chi connectivity index (χ0v) is 17.4. The number of fused-ring (bicyclic) bond motifs is 1. The summed E-state index contributed by atoms with van der Waals surface area (Å²) in [5.74, 6) is 0.0225. The maximum atomic E-state index is 12.3. The summed E-state index contributed by atoms with van der Waals surface area (Å²) in [6, 6.07) is 10.2. The predicted molar refractivity (Wildman–Crippen MR) is 112 cm³/mol. The smallest absolute Gasteiger partial charge is 0.338 e. The number of esters is 1. The third kappa shape index (κ3) is 5.04. The minimum atomic E-state index is -0.370. The summed E-state index contributed by atoms with van der Waals surface area (Å²) in [4.78, 5) is 19.0. The molecule has 1 heterocycles. The number of carbonyl (C=O) groups is 1. The third-order valence-electron chi connectivity index (χ3n) is 4.48. The van der Waals surface area contributed by atoms with Crippen molar-refractivity contribution in [3.8, 4) is 11.5 Å². The molecule has 28 heavy (non-hydrogen) atoms. The highest BCUT2D eigenvalue weighted by atomic mass is 35.5. The second-order valence-corrected chi connectivity index (χ2v) is 7.25. The quantitative estimate of drug-likeness (QED) is 0.346. The zero-order valence-electron chi connectivity index (χ0n) is 15.9. The van der Waals surface area contributed by atoms with Gasteiger partial charge in [-0.3, -0.25) is 0 Å². The summed E-state index contributed by atoms with van der Waals surface area (Å²) in [5.41, 5.74) is 2.25. The lowest BCUT2D eigenvalue weighted by molar-refractivity contribution is 0.0489. The van der Waals surface area contributed by atoms with Gasteiger partial charge in [0.05, 0.1) is 12.2 Å². The highest BCUT2D eigenvalue weighted by Crippen LogP contribution is 2.29. The van der Waals surface area contributed by atoms with Crippen molar-refractivity contribution in [2.24, 2.45) is 0 Å². The molecule has 7 heteroatoms. The Morgan fingerprint density at radius 1 is 1.11 bits per heavy atom. The van der Waals surface area contributed by atoms with Crippen LogP contribution < -0.4 is 0 Å². The van der Waals surface area contributed by atoms with Gasteiger partial charge >= 0.3 is 5.97 Å². The summed E-state index contributed by atoms with van der Waals surface area (Å²) in [7, 11) is 0. The van der Waals surface area contributed by atoms with Gasteiger partial charge in [0.1, 0.15) is 5.52 Å². The van der Waals surface area contributed by atoms with E-state index in [2.05, 4.69) is 23.7 Å². The number of aromatic nitrogens is 1. The molecule has 3 rings (SSSR count). The number of ether oxygens (including phenoxy) is 1. The van der Waals surface area contributed by atoms with Crippen LogP contribution in [-0.4, -0.2) is 42.1 Å². The van der Waals surface area contributed by atoms with Crippen molar-refractivity contribution in [1.29, 1.82) is 0 Å². The van der Waals surface area contributed by atoms with E-state index in [0.29, 0.717) is 44.8 Å². The Morgan fingerprint density at radius 2 is 1.82 bits per heavy atom. The first-order valence-electron chi connectivity index (χ1n) is 9.26. The fourth-order valence-electron chi connectivity index (χ4n) is 2.93. The second-order valence-electron chi connectivity index (χ2n) is 6.38. The lowest BCUT2D eigenvalue weighted by Crippen LogP contribution is -2.25. The maximum Gasteiger partial charge on any atom is 0.338 e. The van der Waals surface area contributed by atoms with Crippen LogP contribution in [0.2, 0.25) is 10.0 Å². The second kappa shape index (κ2) is 9.41. The van der Waals surface area contributed by atoms with Crippen molar-refractivity contribution in [3.05, 3.63) is 52.0 Å². The van der Waals surface area contributed by atoms with Gasteiger partial charge in [-0.05, 0) is 55.9 Å². The average molecular weight is 421 g/mol. The van der Waals surface area contributed by atoms with E-state index in [1.165, 1.54) is 0 Å². The van der Waals surface area contributed by atoms with Gasteiger partial charge in [0.15, 0.2) is 5.58 Å². The number of hydrogen-bond donors (Lipinski definition) is 0. The van der Waals surface area contributed by atoms with Crippen LogP contribution >= 0.6 is 23.2 Å². The van der Waals surface area contributed by atoms with Crippen LogP contribution in [0.15, 0.2) is 40.8 Å². The monoisotopic (exact) mass is 420 g/mol. The van der Waals surface area contributed by atoms with E-state index >= 15 is 0 Å². The molecule has 0 bridgehead atoms. The van der Waals surface area contributed by atoms with Crippen LogP contribution in [0, 0.1) is 0 Å². The van der Waals surface area contributed by atoms with Crippen molar-refractivity contribution >= 4 is 40.3 Å². The Morgan fingerprint density at radius 3 is 2.50 bits per heavy atom. The number of oxazole rings is 1. The molecule has 0 aliphatic carbocycles. The molecule has 0 saturated carbocycles. The topological polar surface area (TPSA) is 55.6 Å². The number of hydrogen-bond acceptors (Lipinski definition) is 5. The van der Waals surface area contributed by atoms with E-state index in [1.807, 2.05) is 0 Å². The summed E-state index contributed by atoms with van der Waals surface area (Å²) in [5, 5.41) is 0.998. The first kappa shape index (κ1) is 20.6. The van der Waals surface area contributed by atoms with Gasteiger partial charge in [-0.1, -0.05) is 37.0 Å². The highest BCUT2D eigenvalue weighted by molar-refractivity contribution is 6.35. The molecule has 0 N–H and O–H groups in total. The predicted octanol–water partition coefficient (Wildman–Crippen LogP) is 5.69. The Kier molecular flexibility index (Phi) is 6.94. The Balaban J connectivity index is 1.69. The Labute approximate surface area is 174 Å². The number of halogens is 2. The van der Waals surface area contributed by atoms with Crippen LogP contribution in [0.3, 0.4) is 0 Å². The molecule has 148 valence electrons. The van der Waals surface area contributed by atoms with Crippen molar-refractivity contribution < 1.29 is 13.9 Å². The lowest BCUT2D eigenvalue weighted by atomic mass is 10.2. The van der Waals surface area contributed by atoms with Gasteiger partial charge in [-0.25, -0.2) is 9.78 Å². The minimum absolute atomic E-state index is 0.370. The number of carbonyl (C=O) groups excluding carboxylic acids is 1. The molecule has 0 saturated heterocycles. The fraction of sp³-hybridized carbons (Fsp3) is 0.333. The first-order chi connectivity index (χ1) is 13.5. The van der Waals surface area contributed by atoms with Gasteiger partial charge in [0.25, 0.3) is 0 Å². The third-order valence-corrected chi connectivity index (χ3v) is 4.92. The fourth-order valence-corrected chi connectivity index (χ4v) is 3.45. The molecule has 0 spiro atoms. The molecule has 1 aromatic heterocycles. The van der Waals surface area contributed by atoms with Crippen LogP contribution in [0.5, 0.6) is 0 Å². The molecule has 0 radical (unpaired) electrons. The van der Waals surface area contributed by atoms with Gasteiger partial charge < -0.3 is 14.1 Å².